The van der Waals surface area contributed by atoms with Crippen LogP contribution in [0.1, 0.15) is 40.8 Å². The molecule has 0 atom stereocenters. The van der Waals surface area contributed by atoms with E-state index in [2.05, 4.69) is 15.5 Å². The lowest BCUT2D eigenvalue weighted by molar-refractivity contribution is 0.0946. The molecule has 1 aliphatic rings. The van der Waals surface area contributed by atoms with Crippen LogP contribution in [-0.2, 0) is 6.54 Å². The molecular weight excluding hydrogens is 324 g/mol. The minimum absolute atomic E-state index is 0.146. The standard InChI is InChI=1S/C17H22N4O2S/c1-21(2)14-5-3-4-13(10-14)17(22)18-11-15-19-16(20-23-15)12-6-8-24-9-7-12/h3-5,10,12H,6-9,11H2,1-2H3,(H,18,22). The van der Waals surface area contributed by atoms with Gasteiger partial charge in [0.05, 0.1) is 6.54 Å². The Hall–Kier alpha value is -2.02. The second kappa shape index (κ2) is 7.70. The number of benzene rings is 1. The van der Waals surface area contributed by atoms with Crippen LogP contribution in [0.4, 0.5) is 5.69 Å². The van der Waals surface area contributed by atoms with Crippen molar-refractivity contribution in [3.05, 3.63) is 41.5 Å². The molecular formula is C17H22N4O2S. The van der Waals surface area contributed by atoms with E-state index in [4.69, 9.17) is 4.52 Å². The third kappa shape index (κ3) is 4.08. The van der Waals surface area contributed by atoms with Gasteiger partial charge in [-0.3, -0.25) is 4.79 Å². The number of carbonyl (C=O) groups is 1. The van der Waals surface area contributed by atoms with Crippen molar-refractivity contribution in [1.29, 1.82) is 0 Å². The highest BCUT2D eigenvalue weighted by atomic mass is 32.2. The first-order valence-electron chi connectivity index (χ1n) is 8.09. The van der Waals surface area contributed by atoms with E-state index in [1.165, 1.54) is 0 Å². The number of hydrogen-bond acceptors (Lipinski definition) is 6. The Morgan fingerprint density at radius 3 is 2.92 bits per heavy atom. The maximum Gasteiger partial charge on any atom is 0.251 e. The summed E-state index contributed by atoms with van der Waals surface area (Å²) in [6.07, 6.45) is 2.18. The fourth-order valence-electron chi connectivity index (χ4n) is 2.64. The summed E-state index contributed by atoms with van der Waals surface area (Å²) >= 11 is 1.97. The van der Waals surface area contributed by atoms with Gasteiger partial charge in [0.1, 0.15) is 0 Å². The molecule has 7 heteroatoms. The molecule has 0 unspecified atom stereocenters. The van der Waals surface area contributed by atoms with E-state index in [9.17, 15) is 4.79 Å². The summed E-state index contributed by atoms with van der Waals surface area (Å²) in [4.78, 5) is 18.7. The molecule has 6 nitrogen and oxygen atoms in total. The van der Waals surface area contributed by atoms with Gasteiger partial charge in [-0.25, -0.2) is 0 Å². The number of hydrogen-bond donors (Lipinski definition) is 1. The number of anilines is 1. The summed E-state index contributed by atoms with van der Waals surface area (Å²) in [7, 11) is 3.89. The number of thioether (sulfide) groups is 1. The fourth-order valence-corrected chi connectivity index (χ4v) is 3.75. The van der Waals surface area contributed by atoms with E-state index in [1.807, 2.05) is 49.0 Å². The Labute approximate surface area is 146 Å². The van der Waals surface area contributed by atoms with Gasteiger partial charge in [0.25, 0.3) is 5.91 Å². The Morgan fingerprint density at radius 2 is 2.17 bits per heavy atom. The second-order valence-electron chi connectivity index (χ2n) is 6.06. The van der Waals surface area contributed by atoms with Gasteiger partial charge in [0.2, 0.25) is 5.89 Å². The van der Waals surface area contributed by atoms with Crippen molar-refractivity contribution < 1.29 is 9.32 Å². The van der Waals surface area contributed by atoms with Gasteiger partial charge in [0, 0.05) is 31.3 Å². The van der Waals surface area contributed by atoms with Crippen LogP contribution in [0.15, 0.2) is 28.8 Å². The average Bonchev–Trinajstić information content (AvgIpc) is 3.09. The summed E-state index contributed by atoms with van der Waals surface area (Å²) in [5, 5.41) is 6.91. The van der Waals surface area contributed by atoms with Crippen molar-refractivity contribution in [2.45, 2.75) is 25.3 Å². The van der Waals surface area contributed by atoms with Gasteiger partial charge in [-0.1, -0.05) is 11.2 Å². The number of carbonyl (C=O) groups excluding carboxylic acids is 1. The van der Waals surface area contributed by atoms with Gasteiger partial charge in [-0.15, -0.1) is 0 Å². The van der Waals surface area contributed by atoms with E-state index < -0.39 is 0 Å². The first-order chi connectivity index (χ1) is 11.6. The number of nitrogens with zero attached hydrogens (tertiary/aromatic N) is 3. The molecule has 0 spiro atoms. The fraction of sp³-hybridized carbons (Fsp3) is 0.471. The van der Waals surface area contributed by atoms with E-state index in [0.717, 1.165) is 35.9 Å². The van der Waals surface area contributed by atoms with Gasteiger partial charge in [0.15, 0.2) is 5.82 Å². The largest absolute Gasteiger partial charge is 0.378 e. The topological polar surface area (TPSA) is 71.3 Å². The zero-order valence-electron chi connectivity index (χ0n) is 14.0. The van der Waals surface area contributed by atoms with Crippen LogP contribution in [0.5, 0.6) is 0 Å². The highest BCUT2D eigenvalue weighted by Gasteiger charge is 2.21. The lowest BCUT2D eigenvalue weighted by Crippen LogP contribution is -2.23. The monoisotopic (exact) mass is 346 g/mol. The SMILES string of the molecule is CN(C)c1cccc(C(=O)NCc2nc(C3CCSCC3)no2)c1. The summed E-state index contributed by atoms with van der Waals surface area (Å²) in [5.41, 5.74) is 1.60. The number of rotatable bonds is 5. The van der Waals surface area contributed by atoms with Crippen LogP contribution in [0.2, 0.25) is 0 Å². The molecule has 1 amide bonds. The van der Waals surface area contributed by atoms with E-state index in [-0.39, 0.29) is 12.5 Å². The number of aromatic nitrogens is 2. The van der Waals surface area contributed by atoms with Gasteiger partial charge >= 0.3 is 0 Å². The molecule has 0 bridgehead atoms. The van der Waals surface area contributed by atoms with Crippen LogP contribution in [-0.4, -0.2) is 41.6 Å². The zero-order chi connectivity index (χ0) is 16.9. The lowest BCUT2D eigenvalue weighted by atomic mass is 10.0. The highest BCUT2D eigenvalue weighted by Crippen LogP contribution is 2.29. The third-order valence-corrected chi connectivity index (χ3v) is 5.14. The van der Waals surface area contributed by atoms with Crippen LogP contribution in [0, 0.1) is 0 Å². The molecule has 0 aliphatic carbocycles. The van der Waals surface area contributed by atoms with Crippen LogP contribution in [0.3, 0.4) is 0 Å². The Bertz CT molecular complexity index is 695. The molecule has 1 aromatic heterocycles. The van der Waals surface area contributed by atoms with Gasteiger partial charge in [-0.2, -0.15) is 16.7 Å². The molecule has 0 saturated carbocycles. The molecule has 3 rings (SSSR count). The average molecular weight is 346 g/mol. The lowest BCUT2D eigenvalue weighted by Gasteiger charge is -2.17. The highest BCUT2D eigenvalue weighted by molar-refractivity contribution is 7.99. The van der Waals surface area contributed by atoms with Gasteiger partial charge in [-0.05, 0) is 42.5 Å². The summed E-state index contributed by atoms with van der Waals surface area (Å²) < 4.78 is 5.28. The molecule has 24 heavy (non-hydrogen) atoms. The minimum Gasteiger partial charge on any atom is -0.378 e. The first kappa shape index (κ1) is 16.8. The molecule has 128 valence electrons. The zero-order valence-corrected chi connectivity index (χ0v) is 14.8. The second-order valence-corrected chi connectivity index (χ2v) is 7.29. The van der Waals surface area contributed by atoms with Crippen molar-refractivity contribution in [2.75, 3.05) is 30.5 Å². The van der Waals surface area contributed by atoms with Crippen LogP contribution >= 0.6 is 11.8 Å². The predicted molar refractivity (Wildman–Crippen MR) is 95.5 cm³/mol. The molecule has 1 aromatic carbocycles. The predicted octanol–water partition coefficient (Wildman–Crippen LogP) is 2.68. The molecule has 1 N–H and O–H groups in total. The quantitative estimate of drug-likeness (QED) is 0.897. The minimum atomic E-state index is -0.146. The first-order valence-corrected chi connectivity index (χ1v) is 9.25. The van der Waals surface area contributed by atoms with Gasteiger partial charge < -0.3 is 14.7 Å². The van der Waals surface area contributed by atoms with Crippen LogP contribution in [0.25, 0.3) is 0 Å². The number of nitrogens with one attached hydrogen (secondary N) is 1. The number of amides is 1. The molecule has 2 aromatic rings. The van der Waals surface area contributed by atoms with Crippen molar-refractivity contribution in [1.82, 2.24) is 15.5 Å². The smallest absolute Gasteiger partial charge is 0.251 e. The molecule has 1 saturated heterocycles. The van der Waals surface area contributed by atoms with Crippen molar-refractivity contribution in [3.8, 4) is 0 Å². The van der Waals surface area contributed by atoms with Crippen molar-refractivity contribution in [2.24, 2.45) is 0 Å². The Morgan fingerprint density at radius 1 is 1.38 bits per heavy atom. The third-order valence-electron chi connectivity index (χ3n) is 4.10. The van der Waals surface area contributed by atoms with E-state index >= 15 is 0 Å². The summed E-state index contributed by atoms with van der Waals surface area (Å²) in [5.74, 6) is 3.76. The van der Waals surface area contributed by atoms with E-state index in [1.54, 1.807) is 6.07 Å². The molecule has 1 fully saturated rings. The van der Waals surface area contributed by atoms with Crippen molar-refractivity contribution in [3.63, 3.8) is 0 Å². The molecule has 1 aliphatic heterocycles. The van der Waals surface area contributed by atoms with E-state index in [0.29, 0.717) is 17.4 Å². The molecule has 2 heterocycles. The maximum absolute atomic E-state index is 12.3. The molecule has 0 radical (unpaired) electrons. The Kier molecular flexibility index (Phi) is 5.40. The summed E-state index contributed by atoms with van der Waals surface area (Å²) in [6, 6.07) is 7.48. The normalized spacial score (nSPS) is 15.2. The Balaban J connectivity index is 1.58. The van der Waals surface area contributed by atoms with Crippen molar-refractivity contribution >= 4 is 23.4 Å². The summed E-state index contributed by atoms with van der Waals surface area (Å²) in [6.45, 7) is 0.249. The van der Waals surface area contributed by atoms with Crippen LogP contribution < -0.4 is 10.2 Å². The maximum atomic E-state index is 12.3.